The normalized spacial score (nSPS) is 17.9. The largest absolute Gasteiger partial charge is 0.474 e. The van der Waals surface area contributed by atoms with Gasteiger partial charge in [-0.25, -0.2) is 28.2 Å². The topological polar surface area (TPSA) is 146 Å². The number of anilines is 2. The van der Waals surface area contributed by atoms with Crippen molar-refractivity contribution in [2.24, 2.45) is 5.73 Å². The molecule has 0 saturated heterocycles. The Balaban J connectivity index is 1.71. The van der Waals surface area contributed by atoms with Crippen molar-refractivity contribution in [2.75, 3.05) is 11.6 Å². The van der Waals surface area contributed by atoms with Crippen LogP contribution in [0.1, 0.15) is 82.4 Å². The summed E-state index contributed by atoms with van der Waals surface area (Å²) in [4.78, 5) is 26.2. The molecule has 3 atom stereocenters. The minimum atomic E-state index is -3.19. The van der Waals surface area contributed by atoms with Crippen molar-refractivity contribution in [3.05, 3.63) is 47.4 Å². The summed E-state index contributed by atoms with van der Waals surface area (Å²) in [5, 5.41) is 4.22. The van der Waals surface area contributed by atoms with Crippen molar-refractivity contribution in [3.63, 3.8) is 0 Å². The molecule has 0 amide bonds. The summed E-state index contributed by atoms with van der Waals surface area (Å²) in [5.41, 5.74) is 7.46. The molecule has 0 bridgehead atoms. The minimum Gasteiger partial charge on any atom is -0.474 e. The number of ether oxygens (including phenoxy) is 2. The molecule has 4 heterocycles. The van der Waals surface area contributed by atoms with Crippen LogP contribution in [0.5, 0.6) is 5.88 Å². The molecule has 1 aliphatic rings. The average Bonchev–Trinajstić information content (AvgIpc) is 2.82. The van der Waals surface area contributed by atoms with Gasteiger partial charge in [-0.15, -0.1) is 0 Å². The van der Waals surface area contributed by atoms with E-state index in [1.807, 2.05) is 33.8 Å². The van der Waals surface area contributed by atoms with Gasteiger partial charge in [0, 0.05) is 37.0 Å². The Labute approximate surface area is 236 Å². The van der Waals surface area contributed by atoms with Crippen LogP contribution < -0.4 is 15.8 Å². The number of rotatable bonds is 10. The summed E-state index contributed by atoms with van der Waals surface area (Å²) >= 11 is 0. The summed E-state index contributed by atoms with van der Waals surface area (Å²) in [7, 11) is -3.19. The number of nitrogens with one attached hydrogen (secondary N) is 1. The summed E-state index contributed by atoms with van der Waals surface area (Å²) in [5.74, 6) is 1.08. The molecule has 0 aromatic carbocycles. The van der Waals surface area contributed by atoms with Gasteiger partial charge in [0.2, 0.25) is 5.88 Å². The predicted molar refractivity (Wildman–Crippen MR) is 156 cm³/mol. The van der Waals surface area contributed by atoms with Gasteiger partial charge in [-0.3, -0.25) is 0 Å². The van der Waals surface area contributed by atoms with E-state index in [0.29, 0.717) is 47.0 Å². The zero-order valence-corrected chi connectivity index (χ0v) is 25.1. The van der Waals surface area contributed by atoms with Crippen LogP contribution in [0, 0.1) is 0 Å². The van der Waals surface area contributed by atoms with Gasteiger partial charge in [0.25, 0.3) is 0 Å². The second-order valence-electron chi connectivity index (χ2n) is 11.7. The first-order valence-electron chi connectivity index (χ1n) is 13.5. The molecule has 0 spiro atoms. The van der Waals surface area contributed by atoms with Crippen LogP contribution in [-0.4, -0.2) is 52.5 Å². The van der Waals surface area contributed by atoms with E-state index in [2.05, 4.69) is 27.2 Å². The van der Waals surface area contributed by atoms with Gasteiger partial charge in [0.05, 0.1) is 28.0 Å². The Morgan fingerprint density at radius 1 is 1.18 bits per heavy atom. The molecule has 3 aromatic rings. The highest BCUT2D eigenvalue weighted by Gasteiger charge is 2.33. The zero-order chi connectivity index (χ0) is 29.5. The van der Waals surface area contributed by atoms with Crippen molar-refractivity contribution >= 4 is 38.2 Å². The number of esters is 1. The summed E-state index contributed by atoms with van der Waals surface area (Å²) in [6, 6.07) is 5.33. The number of hydrogen-bond acceptors (Lipinski definition) is 10. The highest BCUT2D eigenvalue weighted by molar-refractivity contribution is 7.91. The lowest BCUT2D eigenvalue weighted by atomic mass is 9.87. The van der Waals surface area contributed by atoms with E-state index in [-0.39, 0.29) is 12.1 Å². The second kappa shape index (κ2) is 10.9. The summed E-state index contributed by atoms with van der Waals surface area (Å²) in [6.45, 7) is 11.3. The number of nitrogens with zero attached hydrogens (tertiary/aromatic N) is 3. The monoisotopic (exact) mass is 569 g/mol. The van der Waals surface area contributed by atoms with Crippen molar-refractivity contribution in [1.82, 2.24) is 15.0 Å². The summed E-state index contributed by atoms with van der Waals surface area (Å²) in [6.07, 6.45) is 6.72. The maximum Gasteiger partial charge on any atom is 0.340 e. The Kier molecular flexibility index (Phi) is 8.11. The van der Waals surface area contributed by atoms with E-state index in [1.165, 1.54) is 6.26 Å². The zero-order valence-electron chi connectivity index (χ0n) is 24.2. The Morgan fingerprint density at radius 3 is 2.58 bits per heavy atom. The number of nitrogens with two attached hydrogens (primary N) is 1. The van der Waals surface area contributed by atoms with Crippen molar-refractivity contribution in [3.8, 4) is 5.88 Å². The lowest BCUT2D eigenvalue weighted by molar-refractivity contribution is -0.00714. The Hall–Kier alpha value is -3.31. The van der Waals surface area contributed by atoms with Crippen molar-refractivity contribution in [1.29, 1.82) is 0 Å². The van der Waals surface area contributed by atoms with Crippen LogP contribution >= 0.6 is 0 Å². The molecular weight excluding hydrogens is 530 g/mol. The highest BCUT2D eigenvalue weighted by atomic mass is 32.2. The van der Waals surface area contributed by atoms with E-state index in [0.717, 1.165) is 23.8 Å². The number of aromatic nitrogens is 3. The number of carbonyl (C=O) groups excluding carboxylic acids is 1. The molecule has 216 valence electrons. The third-order valence-electron chi connectivity index (χ3n) is 7.24. The first-order chi connectivity index (χ1) is 18.6. The van der Waals surface area contributed by atoms with Crippen LogP contribution in [0.2, 0.25) is 0 Å². The van der Waals surface area contributed by atoms with Gasteiger partial charge in [-0.2, -0.15) is 0 Å². The fraction of sp³-hybridized carbons (Fsp3) is 0.517. The van der Waals surface area contributed by atoms with Crippen LogP contribution in [0.15, 0.2) is 30.6 Å². The standard InChI is InChI=1S/C29H39N5O5S/c1-8-11-29(6,30)22-16-32-26(38-17(2)12-18(3)40(7,36)37)21-15-31-25(13-20(21)22)34-24-10-9-19-23(33-24)14-28(4,5)39-27(19)35/h9-10,13,15-18H,8,11-12,14,30H2,1-7H3,(H,31,33,34)/t17-,18-,29?/m1/s1. The van der Waals surface area contributed by atoms with E-state index < -0.39 is 26.2 Å². The SMILES string of the molecule is CCCC(C)(N)c1cnc(O[C@H](C)C[C@@H](C)S(C)(=O)=O)c2cnc(Nc3ccc4c(n3)CC(C)(C)OC4=O)cc12. The fourth-order valence-electron chi connectivity index (χ4n) is 5.03. The van der Waals surface area contributed by atoms with Gasteiger partial charge < -0.3 is 20.5 Å². The molecule has 0 fully saturated rings. The number of hydrogen-bond donors (Lipinski definition) is 2. The van der Waals surface area contributed by atoms with Crippen LogP contribution in [-0.2, 0) is 26.5 Å². The third-order valence-corrected chi connectivity index (χ3v) is 8.89. The van der Waals surface area contributed by atoms with Crippen LogP contribution in [0.3, 0.4) is 0 Å². The molecule has 0 aliphatic carbocycles. The molecule has 3 N–H and O–H groups in total. The molecule has 1 aliphatic heterocycles. The number of carbonyl (C=O) groups is 1. The Morgan fingerprint density at radius 2 is 1.90 bits per heavy atom. The van der Waals surface area contributed by atoms with E-state index >= 15 is 0 Å². The molecule has 11 heteroatoms. The first-order valence-corrected chi connectivity index (χ1v) is 15.5. The molecule has 1 unspecified atom stereocenters. The minimum absolute atomic E-state index is 0.329. The van der Waals surface area contributed by atoms with Gasteiger partial charge in [-0.05, 0) is 70.2 Å². The molecular formula is C29H39N5O5S. The predicted octanol–water partition coefficient (Wildman–Crippen LogP) is 4.82. The highest BCUT2D eigenvalue weighted by Crippen LogP contribution is 2.36. The maximum atomic E-state index is 12.4. The van der Waals surface area contributed by atoms with Crippen molar-refractivity contribution in [2.45, 2.75) is 89.7 Å². The average molecular weight is 570 g/mol. The van der Waals surface area contributed by atoms with E-state index in [1.54, 1.807) is 31.5 Å². The fourth-order valence-corrected chi connectivity index (χ4v) is 5.65. The lowest BCUT2D eigenvalue weighted by Crippen LogP contribution is -2.36. The first kappa shape index (κ1) is 29.7. The van der Waals surface area contributed by atoms with Crippen LogP contribution in [0.25, 0.3) is 10.8 Å². The molecule has 0 radical (unpaired) electrons. The number of sulfone groups is 1. The molecule has 10 nitrogen and oxygen atoms in total. The second-order valence-corrected chi connectivity index (χ2v) is 14.2. The Bertz CT molecular complexity index is 1540. The molecule has 3 aromatic heterocycles. The van der Waals surface area contributed by atoms with Gasteiger partial charge >= 0.3 is 5.97 Å². The number of cyclic esters (lactones) is 1. The molecule has 4 rings (SSSR count). The number of pyridine rings is 3. The van der Waals surface area contributed by atoms with Gasteiger partial charge in [0.1, 0.15) is 27.1 Å². The quantitative estimate of drug-likeness (QED) is 0.326. The summed E-state index contributed by atoms with van der Waals surface area (Å²) < 4.78 is 35.5. The maximum absolute atomic E-state index is 12.4. The van der Waals surface area contributed by atoms with Crippen LogP contribution in [0.4, 0.5) is 11.6 Å². The van der Waals surface area contributed by atoms with E-state index in [9.17, 15) is 13.2 Å². The third kappa shape index (κ3) is 6.52. The van der Waals surface area contributed by atoms with Crippen molar-refractivity contribution < 1.29 is 22.7 Å². The van der Waals surface area contributed by atoms with Gasteiger partial charge in [0.15, 0.2) is 0 Å². The lowest BCUT2D eigenvalue weighted by Gasteiger charge is -2.30. The smallest absolute Gasteiger partial charge is 0.340 e. The van der Waals surface area contributed by atoms with Gasteiger partial charge in [-0.1, -0.05) is 13.3 Å². The number of fused-ring (bicyclic) bond motifs is 2. The molecule has 0 saturated carbocycles. The molecule has 40 heavy (non-hydrogen) atoms. The van der Waals surface area contributed by atoms with E-state index in [4.69, 9.17) is 15.2 Å².